The SMILES string of the molecule is COC1CC2C(=O)N(C3CCN(c4ccccn4)C3)C(=O)N2C1. The number of anilines is 1. The van der Waals surface area contributed by atoms with Gasteiger partial charge in [0.25, 0.3) is 5.91 Å². The van der Waals surface area contributed by atoms with Crippen LogP contribution in [0.3, 0.4) is 0 Å². The molecule has 3 aliphatic rings. The van der Waals surface area contributed by atoms with Crippen molar-refractivity contribution in [3.05, 3.63) is 24.4 Å². The Bertz CT molecular complexity index is 599. The second kappa shape index (κ2) is 5.49. The summed E-state index contributed by atoms with van der Waals surface area (Å²) in [6, 6.07) is 5.22. The third-order valence-electron chi connectivity index (χ3n) is 5.07. The number of hydrogen-bond acceptors (Lipinski definition) is 5. The van der Waals surface area contributed by atoms with E-state index in [2.05, 4.69) is 9.88 Å². The van der Waals surface area contributed by atoms with Gasteiger partial charge in [0.1, 0.15) is 11.9 Å². The minimum Gasteiger partial charge on any atom is -0.380 e. The standard InChI is InChI=1S/C16H20N4O3/c1-23-12-8-13-15(21)20(16(22)19(13)10-12)11-5-7-18(9-11)14-4-2-3-6-17-14/h2-4,6,11-13H,5,7-10H2,1H3. The highest BCUT2D eigenvalue weighted by Crippen LogP contribution is 2.32. The second-order valence-electron chi connectivity index (χ2n) is 6.33. The Kier molecular flexibility index (Phi) is 3.45. The molecule has 7 heteroatoms. The second-order valence-corrected chi connectivity index (χ2v) is 6.33. The Labute approximate surface area is 134 Å². The molecule has 3 fully saturated rings. The van der Waals surface area contributed by atoms with Crippen molar-refractivity contribution in [3.63, 3.8) is 0 Å². The first-order valence-electron chi connectivity index (χ1n) is 8.01. The summed E-state index contributed by atoms with van der Waals surface area (Å²) in [5, 5.41) is 0. The summed E-state index contributed by atoms with van der Waals surface area (Å²) in [5.74, 6) is 0.830. The lowest BCUT2D eigenvalue weighted by atomic mass is 10.1. The minimum absolute atomic E-state index is 0.0244. The lowest BCUT2D eigenvalue weighted by molar-refractivity contribution is -0.129. The summed E-state index contributed by atoms with van der Waals surface area (Å²) in [5.41, 5.74) is 0. The molecule has 4 heterocycles. The van der Waals surface area contributed by atoms with Gasteiger partial charge in [0, 0.05) is 39.4 Å². The van der Waals surface area contributed by atoms with Gasteiger partial charge >= 0.3 is 6.03 Å². The summed E-state index contributed by atoms with van der Waals surface area (Å²) in [6.45, 7) is 1.98. The number of carbonyl (C=O) groups excluding carboxylic acids is 2. The molecule has 122 valence electrons. The van der Waals surface area contributed by atoms with Crippen molar-refractivity contribution < 1.29 is 14.3 Å². The number of methoxy groups -OCH3 is 1. The Morgan fingerprint density at radius 3 is 2.83 bits per heavy atom. The van der Waals surface area contributed by atoms with Crippen LogP contribution in [0, 0.1) is 0 Å². The predicted octanol–water partition coefficient (Wildman–Crippen LogP) is 0.712. The van der Waals surface area contributed by atoms with Crippen LogP contribution in [0.5, 0.6) is 0 Å². The summed E-state index contributed by atoms with van der Waals surface area (Å²) in [7, 11) is 1.63. The van der Waals surface area contributed by atoms with Crippen molar-refractivity contribution in [1.29, 1.82) is 0 Å². The van der Waals surface area contributed by atoms with E-state index in [0.29, 0.717) is 19.5 Å². The van der Waals surface area contributed by atoms with Crippen LogP contribution in [0.1, 0.15) is 12.8 Å². The summed E-state index contributed by atoms with van der Waals surface area (Å²) < 4.78 is 5.30. The molecule has 23 heavy (non-hydrogen) atoms. The van der Waals surface area contributed by atoms with Crippen molar-refractivity contribution in [2.24, 2.45) is 0 Å². The monoisotopic (exact) mass is 316 g/mol. The highest BCUT2D eigenvalue weighted by Gasteiger charge is 2.53. The van der Waals surface area contributed by atoms with E-state index in [1.165, 1.54) is 4.90 Å². The average Bonchev–Trinajstić information content (AvgIpc) is 3.26. The van der Waals surface area contributed by atoms with Crippen molar-refractivity contribution >= 4 is 17.8 Å². The van der Waals surface area contributed by atoms with Crippen molar-refractivity contribution in [3.8, 4) is 0 Å². The zero-order valence-electron chi connectivity index (χ0n) is 13.1. The van der Waals surface area contributed by atoms with Crippen molar-refractivity contribution in [2.45, 2.75) is 31.0 Å². The Balaban J connectivity index is 1.48. The van der Waals surface area contributed by atoms with Gasteiger partial charge in [-0.2, -0.15) is 0 Å². The maximum atomic E-state index is 12.7. The van der Waals surface area contributed by atoms with Gasteiger partial charge in [-0.05, 0) is 18.6 Å². The van der Waals surface area contributed by atoms with Crippen molar-refractivity contribution in [1.82, 2.24) is 14.8 Å². The van der Waals surface area contributed by atoms with Gasteiger partial charge in [0.2, 0.25) is 0 Å². The molecule has 1 aromatic heterocycles. The van der Waals surface area contributed by atoms with Gasteiger partial charge in [0.05, 0.1) is 12.1 Å². The largest absolute Gasteiger partial charge is 0.380 e. The van der Waals surface area contributed by atoms with Gasteiger partial charge in [-0.1, -0.05) is 6.07 Å². The molecule has 0 saturated carbocycles. The fraction of sp³-hybridized carbons (Fsp3) is 0.562. The van der Waals surface area contributed by atoms with E-state index in [4.69, 9.17) is 4.74 Å². The number of urea groups is 1. The molecule has 0 bridgehead atoms. The first-order valence-corrected chi connectivity index (χ1v) is 8.01. The van der Waals surface area contributed by atoms with E-state index < -0.39 is 0 Å². The van der Waals surface area contributed by atoms with Crippen LogP contribution in [-0.2, 0) is 9.53 Å². The molecule has 3 atom stereocenters. The molecule has 3 unspecified atom stereocenters. The lowest BCUT2D eigenvalue weighted by Gasteiger charge is -2.24. The number of amides is 3. The number of pyridine rings is 1. The molecule has 0 spiro atoms. The summed E-state index contributed by atoms with van der Waals surface area (Å²) >= 11 is 0. The first-order chi connectivity index (χ1) is 11.2. The van der Waals surface area contributed by atoms with Gasteiger partial charge in [-0.15, -0.1) is 0 Å². The maximum Gasteiger partial charge on any atom is 0.327 e. The number of carbonyl (C=O) groups is 2. The molecule has 3 aliphatic heterocycles. The Morgan fingerprint density at radius 2 is 2.13 bits per heavy atom. The molecule has 0 N–H and O–H groups in total. The number of ether oxygens (including phenoxy) is 1. The van der Waals surface area contributed by atoms with Gasteiger partial charge in [-0.25, -0.2) is 9.78 Å². The minimum atomic E-state index is -0.337. The van der Waals surface area contributed by atoms with E-state index in [-0.39, 0.29) is 30.1 Å². The number of nitrogens with zero attached hydrogens (tertiary/aromatic N) is 4. The number of aromatic nitrogens is 1. The first kappa shape index (κ1) is 14.4. The molecule has 4 rings (SSSR count). The molecular weight excluding hydrogens is 296 g/mol. The molecule has 3 amide bonds. The highest BCUT2D eigenvalue weighted by molar-refractivity contribution is 6.05. The van der Waals surface area contributed by atoms with Gasteiger partial charge in [0.15, 0.2) is 0 Å². The van der Waals surface area contributed by atoms with Gasteiger partial charge in [-0.3, -0.25) is 9.69 Å². The average molecular weight is 316 g/mol. The Morgan fingerprint density at radius 1 is 1.26 bits per heavy atom. The molecule has 0 aromatic carbocycles. The summed E-state index contributed by atoms with van der Waals surface area (Å²) in [4.78, 5) is 34.9. The van der Waals surface area contributed by atoms with E-state index in [1.54, 1.807) is 18.2 Å². The lowest BCUT2D eigenvalue weighted by Crippen LogP contribution is -2.44. The molecular formula is C16H20N4O3. The van der Waals surface area contributed by atoms with Crippen LogP contribution in [0.25, 0.3) is 0 Å². The van der Waals surface area contributed by atoms with Crippen LogP contribution in [0.4, 0.5) is 10.6 Å². The summed E-state index contributed by atoms with van der Waals surface area (Å²) in [6.07, 6.45) is 3.13. The van der Waals surface area contributed by atoms with E-state index in [0.717, 1.165) is 18.8 Å². The molecule has 0 aliphatic carbocycles. The van der Waals surface area contributed by atoms with Crippen LogP contribution in [0.2, 0.25) is 0 Å². The van der Waals surface area contributed by atoms with Crippen LogP contribution >= 0.6 is 0 Å². The smallest absolute Gasteiger partial charge is 0.327 e. The van der Waals surface area contributed by atoms with E-state index in [9.17, 15) is 9.59 Å². The maximum absolute atomic E-state index is 12.7. The van der Waals surface area contributed by atoms with Crippen molar-refractivity contribution in [2.75, 3.05) is 31.6 Å². The van der Waals surface area contributed by atoms with E-state index in [1.807, 2.05) is 18.2 Å². The number of hydrogen-bond donors (Lipinski definition) is 0. The van der Waals surface area contributed by atoms with Gasteiger partial charge < -0.3 is 14.5 Å². The zero-order valence-corrected chi connectivity index (χ0v) is 13.1. The number of imide groups is 1. The molecule has 3 saturated heterocycles. The fourth-order valence-electron chi connectivity index (χ4n) is 3.84. The third kappa shape index (κ3) is 2.26. The quantitative estimate of drug-likeness (QED) is 0.769. The zero-order chi connectivity index (χ0) is 16.0. The number of rotatable bonds is 3. The molecule has 0 radical (unpaired) electrons. The normalized spacial score (nSPS) is 30.5. The highest BCUT2D eigenvalue weighted by atomic mass is 16.5. The van der Waals surface area contributed by atoms with Crippen LogP contribution in [0.15, 0.2) is 24.4 Å². The topological polar surface area (TPSA) is 66.0 Å². The Hall–Kier alpha value is -2.15. The molecule has 1 aromatic rings. The third-order valence-corrected chi connectivity index (χ3v) is 5.07. The predicted molar refractivity (Wildman–Crippen MR) is 83.0 cm³/mol. The fourth-order valence-corrected chi connectivity index (χ4v) is 3.84. The van der Waals surface area contributed by atoms with Crippen LogP contribution < -0.4 is 4.90 Å². The van der Waals surface area contributed by atoms with Crippen LogP contribution in [-0.4, -0.2) is 71.7 Å². The number of fused-ring (bicyclic) bond motifs is 1. The van der Waals surface area contributed by atoms with E-state index >= 15 is 0 Å². The molecule has 7 nitrogen and oxygen atoms in total.